The molecule has 6 nitrogen and oxygen atoms in total. The molecule has 3 N–H and O–H groups in total. The second-order valence-corrected chi connectivity index (χ2v) is 7.80. The molecule has 1 saturated carbocycles. The highest BCUT2D eigenvalue weighted by Gasteiger charge is 2.34. The van der Waals surface area contributed by atoms with E-state index in [-0.39, 0.29) is 6.04 Å². The fourth-order valence-electron chi connectivity index (χ4n) is 3.20. The van der Waals surface area contributed by atoms with Crippen molar-refractivity contribution in [2.24, 2.45) is 17.6 Å². The number of rotatable bonds is 5. The normalized spacial score (nSPS) is 26.4. The van der Waals surface area contributed by atoms with Crippen LogP contribution in [0.15, 0.2) is 4.90 Å². The molecule has 0 radical (unpaired) electrons. The van der Waals surface area contributed by atoms with Gasteiger partial charge in [-0.15, -0.1) is 0 Å². The lowest BCUT2D eigenvalue weighted by atomic mass is 9.98. The molecule has 0 aromatic carbocycles. The summed E-state index contributed by atoms with van der Waals surface area (Å²) in [4.78, 5) is 0.308. The Kier molecular flexibility index (Phi) is 4.75. The first-order chi connectivity index (χ1) is 9.77. The fraction of sp³-hybridized carbons (Fsp3) is 0.786. The van der Waals surface area contributed by atoms with Gasteiger partial charge in [0.15, 0.2) is 0 Å². The highest BCUT2D eigenvalue weighted by molar-refractivity contribution is 7.89. The molecule has 0 aliphatic heterocycles. The third-order valence-electron chi connectivity index (χ3n) is 4.70. The molecule has 3 atom stereocenters. The topological polar surface area (TPSA) is 90.0 Å². The van der Waals surface area contributed by atoms with Crippen LogP contribution in [0.3, 0.4) is 0 Å². The summed E-state index contributed by atoms with van der Waals surface area (Å²) < 4.78 is 30.0. The zero-order chi connectivity index (χ0) is 15.8. The monoisotopic (exact) mass is 314 g/mol. The molecule has 0 saturated heterocycles. The van der Waals surface area contributed by atoms with Gasteiger partial charge in [-0.1, -0.05) is 13.8 Å². The smallest absolute Gasteiger partial charge is 0.244 e. The highest BCUT2D eigenvalue weighted by atomic mass is 32.2. The van der Waals surface area contributed by atoms with Gasteiger partial charge in [-0.05, 0) is 38.5 Å². The van der Waals surface area contributed by atoms with E-state index in [2.05, 4.69) is 23.7 Å². The van der Waals surface area contributed by atoms with Crippen molar-refractivity contribution in [3.63, 3.8) is 0 Å². The van der Waals surface area contributed by atoms with Crippen LogP contribution >= 0.6 is 0 Å². The quantitative estimate of drug-likeness (QED) is 0.853. The van der Waals surface area contributed by atoms with Crippen molar-refractivity contribution in [3.05, 3.63) is 11.4 Å². The molecule has 1 heterocycles. The van der Waals surface area contributed by atoms with Gasteiger partial charge in [0.25, 0.3) is 0 Å². The minimum atomic E-state index is -3.53. The van der Waals surface area contributed by atoms with Crippen LogP contribution in [0.25, 0.3) is 0 Å². The Morgan fingerprint density at radius 1 is 1.33 bits per heavy atom. The van der Waals surface area contributed by atoms with Gasteiger partial charge in [-0.3, -0.25) is 4.68 Å². The van der Waals surface area contributed by atoms with Crippen molar-refractivity contribution in [1.82, 2.24) is 14.5 Å². The van der Waals surface area contributed by atoms with Gasteiger partial charge in [0.2, 0.25) is 10.0 Å². The minimum Gasteiger partial charge on any atom is -0.329 e. The Hall–Kier alpha value is -0.920. The van der Waals surface area contributed by atoms with Crippen molar-refractivity contribution >= 4 is 10.0 Å². The molecular weight excluding hydrogens is 288 g/mol. The van der Waals surface area contributed by atoms with Crippen molar-refractivity contribution in [2.75, 3.05) is 6.54 Å². The summed E-state index contributed by atoms with van der Waals surface area (Å²) in [6.07, 6.45) is 1.97. The van der Waals surface area contributed by atoms with E-state index in [4.69, 9.17) is 5.73 Å². The SMILES string of the molecule is Cc1nn(CCN)c(C)c1S(=O)(=O)NC1CCC(C)C1C. The Morgan fingerprint density at radius 3 is 2.52 bits per heavy atom. The van der Waals surface area contributed by atoms with Crippen LogP contribution in [0.5, 0.6) is 0 Å². The second kappa shape index (κ2) is 6.06. The molecule has 0 amide bonds. The molecule has 21 heavy (non-hydrogen) atoms. The van der Waals surface area contributed by atoms with Crippen LogP contribution in [0.1, 0.15) is 38.1 Å². The third-order valence-corrected chi connectivity index (χ3v) is 6.44. The van der Waals surface area contributed by atoms with Gasteiger partial charge in [-0.2, -0.15) is 5.10 Å². The summed E-state index contributed by atoms with van der Waals surface area (Å²) in [7, 11) is -3.53. The Morgan fingerprint density at radius 2 is 2.00 bits per heavy atom. The number of aromatic nitrogens is 2. The van der Waals surface area contributed by atoms with Gasteiger partial charge in [-0.25, -0.2) is 13.1 Å². The zero-order valence-electron chi connectivity index (χ0n) is 13.3. The van der Waals surface area contributed by atoms with E-state index in [1.54, 1.807) is 18.5 Å². The summed E-state index contributed by atoms with van der Waals surface area (Å²) >= 11 is 0. The van der Waals surface area contributed by atoms with E-state index in [0.717, 1.165) is 12.8 Å². The molecule has 7 heteroatoms. The highest BCUT2D eigenvalue weighted by Crippen LogP contribution is 2.32. The first-order valence-electron chi connectivity index (χ1n) is 7.54. The number of nitrogens with zero attached hydrogens (tertiary/aromatic N) is 2. The Labute approximate surface area is 127 Å². The van der Waals surface area contributed by atoms with E-state index >= 15 is 0 Å². The Bertz CT molecular complexity index is 609. The first-order valence-corrected chi connectivity index (χ1v) is 9.02. The summed E-state index contributed by atoms with van der Waals surface area (Å²) in [5.74, 6) is 0.916. The number of sulfonamides is 1. The van der Waals surface area contributed by atoms with Gasteiger partial charge < -0.3 is 5.73 Å². The predicted molar refractivity (Wildman–Crippen MR) is 82.4 cm³/mol. The first kappa shape index (κ1) is 16.5. The second-order valence-electron chi connectivity index (χ2n) is 6.15. The van der Waals surface area contributed by atoms with E-state index in [0.29, 0.717) is 41.2 Å². The molecule has 0 spiro atoms. The van der Waals surface area contributed by atoms with Crippen molar-refractivity contribution in [1.29, 1.82) is 0 Å². The van der Waals surface area contributed by atoms with E-state index in [1.807, 2.05) is 0 Å². The maximum absolute atomic E-state index is 12.7. The maximum atomic E-state index is 12.7. The molecule has 1 aliphatic carbocycles. The van der Waals surface area contributed by atoms with Crippen LogP contribution in [-0.2, 0) is 16.6 Å². The van der Waals surface area contributed by atoms with Crippen molar-refractivity contribution in [3.8, 4) is 0 Å². The molecule has 1 aliphatic rings. The fourth-order valence-corrected chi connectivity index (χ4v) is 4.97. The number of hydrogen-bond donors (Lipinski definition) is 2. The molecule has 2 rings (SSSR count). The average Bonchev–Trinajstić information content (AvgIpc) is 2.84. The summed E-state index contributed by atoms with van der Waals surface area (Å²) in [6, 6.07) is 0.0154. The van der Waals surface area contributed by atoms with Gasteiger partial charge in [0.1, 0.15) is 4.90 Å². The lowest BCUT2D eigenvalue weighted by molar-refractivity contribution is 0.402. The lowest BCUT2D eigenvalue weighted by Gasteiger charge is -2.19. The van der Waals surface area contributed by atoms with Gasteiger partial charge >= 0.3 is 0 Å². The standard InChI is InChI=1S/C14H26N4O2S/c1-9-5-6-13(10(9)2)17-21(19,20)14-11(3)16-18(8-7-15)12(14)4/h9-10,13,17H,5-8,15H2,1-4H3. The maximum Gasteiger partial charge on any atom is 0.244 e. The predicted octanol–water partition coefficient (Wildman–Crippen LogP) is 1.17. The van der Waals surface area contributed by atoms with Gasteiger partial charge in [0, 0.05) is 12.6 Å². The van der Waals surface area contributed by atoms with Crippen LogP contribution < -0.4 is 10.5 Å². The van der Waals surface area contributed by atoms with Crippen molar-refractivity contribution < 1.29 is 8.42 Å². The number of nitrogens with two attached hydrogens (primary N) is 1. The molecular formula is C14H26N4O2S. The van der Waals surface area contributed by atoms with Crippen molar-refractivity contribution in [2.45, 2.75) is 58.0 Å². The summed E-state index contributed by atoms with van der Waals surface area (Å²) in [5, 5.41) is 4.29. The van der Waals surface area contributed by atoms with Crippen LogP contribution in [0, 0.1) is 25.7 Å². The van der Waals surface area contributed by atoms with Crippen LogP contribution in [0.2, 0.25) is 0 Å². The minimum absolute atomic E-state index is 0.0154. The number of hydrogen-bond acceptors (Lipinski definition) is 4. The van der Waals surface area contributed by atoms with Crippen LogP contribution in [-0.4, -0.2) is 30.8 Å². The lowest BCUT2D eigenvalue weighted by Crippen LogP contribution is -2.37. The van der Waals surface area contributed by atoms with Crippen LogP contribution in [0.4, 0.5) is 0 Å². The molecule has 120 valence electrons. The van der Waals surface area contributed by atoms with E-state index in [9.17, 15) is 8.42 Å². The Balaban J connectivity index is 2.28. The summed E-state index contributed by atoms with van der Waals surface area (Å²) in [5.41, 5.74) is 6.73. The molecule has 1 aromatic rings. The van der Waals surface area contributed by atoms with E-state index < -0.39 is 10.0 Å². The van der Waals surface area contributed by atoms with E-state index in [1.165, 1.54) is 0 Å². The van der Waals surface area contributed by atoms with Gasteiger partial charge in [0.05, 0.1) is 17.9 Å². The summed E-state index contributed by atoms with van der Waals surface area (Å²) in [6.45, 7) is 8.77. The third kappa shape index (κ3) is 3.14. The molecule has 1 aromatic heterocycles. The largest absolute Gasteiger partial charge is 0.329 e. The molecule has 0 bridgehead atoms. The zero-order valence-corrected chi connectivity index (χ0v) is 14.1. The molecule has 3 unspecified atom stereocenters. The molecule has 1 fully saturated rings. The number of nitrogens with one attached hydrogen (secondary N) is 1. The number of aryl methyl sites for hydroxylation is 1. The average molecular weight is 314 g/mol.